The first-order valence-corrected chi connectivity index (χ1v) is 9.85. The van der Waals surface area contributed by atoms with E-state index in [2.05, 4.69) is 40.6 Å². The molecule has 0 spiro atoms. The summed E-state index contributed by atoms with van der Waals surface area (Å²) in [5.41, 5.74) is 2.99. The van der Waals surface area contributed by atoms with E-state index in [-0.39, 0.29) is 11.9 Å². The Bertz CT molecular complexity index is 844. The molecule has 1 amide bonds. The maximum atomic E-state index is 12.7. The molecule has 4 heteroatoms. The van der Waals surface area contributed by atoms with Crippen LogP contribution < -0.4 is 5.32 Å². The van der Waals surface area contributed by atoms with Crippen LogP contribution in [-0.4, -0.2) is 35.4 Å². The lowest BCUT2D eigenvalue weighted by atomic mass is 10.0. The van der Waals surface area contributed by atoms with Gasteiger partial charge in [-0.25, -0.2) is 0 Å². The lowest BCUT2D eigenvalue weighted by Crippen LogP contribution is -2.32. The Morgan fingerprint density at radius 1 is 1.00 bits per heavy atom. The molecular weight excluding hydrogens is 346 g/mol. The SMILES string of the molecule is O=C(c1ccccc1)N1CC[C@H](CN[C@@H](c2ccccc2)c2ccccn2)C1. The Hall–Kier alpha value is -2.98. The number of nitrogens with zero attached hydrogens (tertiary/aromatic N) is 2. The Kier molecular flexibility index (Phi) is 5.78. The fraction of sp³-hybridized carbons (Fsp3) is 0.250. The van der Waals surface area contributed by atoms with Gasteiger partial charge >= 0.3 is 0 Å². The maximum absolute atomic E-state index is 12.7. The highest BCUT2D eigenvalue weighted by molar-refractivity contribution is 5.94. The first-order chi connectivity index (χ1) is 13.8. The number of aromatic nitrogens is 1. The summed E-state index contributed by atoms with van der Waals surface area (Å²) < 4.78 is 0. The molecule has 0 aliphatic carbocycles. The quantitative estimate of drug-likeness (QED) is 0.714. The highest BCUT2D eigenvalue weighted by atomic mass is 16.2. The molecule has 142 valence electrons. The minimum atomic E-state index is 0.0567. The van der Waals surface area contributed by atoms with Crippen molar-refractivity contribution >= 4 is 5.91 Å². The third kappa shape index (κ3) is 4.29. The molecule has 2 heterocycles. The first-order valence-electron chi connectivity index (χ1n) is 9.85. The average molecular weight is 371 g/mol. The fourth-order valence-electron chi connectivity index (χ4n) is 3.82. The van der Waals surface area contributed by atoms with Crippen molar-refractivity contribution in [3.05, 3.63) is 102 Å². The van der Waals surface area contributed by atoms with Crippen molar-refractivity contribution in [2.45, 2.75) is 12.5 Å². The van der Waals surface area contributed by atoms with Crippen LogP contribution in [0.5, 0.6) is 0 Å². The van der Waals surface area contributed by atoms with Gasteiger partial charge < -0.3 is 10.2 Å². The lowest BCUT2D eigenvalue weighted by Gasteiger charge is -2.22. The molecule has 0 unspecified atom stereocenters. The van der Waals surface area contributed by atoms with Crippen LogP contribution in [0.1, 0.15) is 34.1 Å². The van der Waals surface area contributed by atoms with Gasteiger partial charge in [0.25, 0.3) is 5.91 Å². The van der Waals surface area contributed by atoms with E-state index in [1.807, 2.05) is 59.6 Å². The van der Waals surface area contributed by atoms with Crippen LogP contribution in [0.4, 0.5) is 0 Å². The monoisotopic (exact) mass is 371 g/mol. The van der Waals surface area contributed by atoms with Crippen molar-refractivity contribution in [2.75, 3.05) is 19.6 Å². The van der Waals surface area contributed by atoms with Gasteiger partial charge in [0.15, 0.2) is 0 Å². The van der Waals surface area contributed by atoms with E-state index in [4.69, 9.17) is 0 Å². The topological polar surface area (TPSA) is 45.2 Å². The molecule has 1 aromatic heterocycles. The van der Waals surface area contributed by atoms with Crippen molar-refractivity contribution in [3.63, 3.8) is 0 Å². The zero-order valence-corrected chi connectivity index (χ0v) is 15.9. The number of carbonyl (C=O) groups is 1. The third-order valence-corrected chi connectivity index (χ3v) is 5.32. The molecule has 28 heavy (non-hydrogen) atoms. The molecule has 4 nitrogen and oxygen atoms in total. The maximum Gasteiger partial charge on any atom is 0.253 e. The van der Waals surface area contributed by atoms with Crippen LogP contribution in [0.25, 0.3) is 0 Å². The Morgan fingerprint density at radius 2 is 1.71 bits per heavy atom. The van der Waals surface area contributed by atoms with Gasteiger partial charge in [0.1, 0.15) is 0 Å². The highest BCUT2D eigenvalue weighted by Crippen LogP contribution is 2.23. The number of hydrogen-bond acceptors (Lipinski definition) is 3. The number of rotatable bonds is 6. The summed E-state index contributed by atoms with van der Waals surface area (Å²) in [6.07, 6.45) is 2.86. The second-order valence-corrected chi connectivity index (χ2v) is 7.28. The Morgan fingerprint density at radius 3 is 2.43 bits per heavy atom. The molecule has 2 atom stereocenters. The van der Waals surface area contributed by atoms with Gasteiger partial charge in [-0.3, -0.25) is 9.78 Å². The summed E-state index contributed by atoms with van der Waals surface area (Å²) in [5.74, 6) is 0.579. The smallest absolute Gasteiger partial charge is 0.253 e. The Balaban J connectivity index is 1.40. The first kappa shape index (κ1) is 18.4. The number of pyridine rings is 1. The average Bonchev–Trinajstić information content (AvgIpc) is 3.24. The molecule has 1 aliphatic rings. The number of amides is 1. The summed E-state index contributed by atoms with van der Waals surface area (Å²) in [6, 6.07) is 26.0. The molecule has 1 saturated heterocycles. The Labute approximate surface area is 166 Å². The van der Waals surface area contributed by atoms with Gasteiger partial charge in [0.2, 0.25) is 0 Å². The molecule has 1 aliphatic heterocycles. The standard InChI is InChI=1S/C24H25N3O/c28-24(21-11-5-2-6-12-21)27-16-14-19(18-27)17-26-23(20-9-3-1-4-10-20)22-13-7-8-15-25-22/h1-13,15,19,23,26H,14,16-18H2/t19-,23+/m1/s1. The third-order valence-electron chi connectivity index (χ3n) is 5.32. The molecule has 1 N–H and O–H groups in total. The van der Waals surface area contributed by atoms with E-state index in [0.29, 0.717) is 5.92 Å². The van der Waals surface area contributed by atoms with Crippen molar-refractivity contribution in [1.29, 1.82) is 0 Å². The van der Waals surface area contributed by atoms with Crippen LogP contribution in [0.3, 0.4) is 0 Å². The predicted octanol–water partition coefficient (Wildman–Crippen LogP) is 3.92. The van der Waals surface area contributed by atoms with E-state index in [1.54, 1.807) is 0 Å². The second kappa shape index (κ2) is 8.81. The molecular formula is C24H25N3O. The summed E-state index contributed by atoms with van der Waals surface area (Å²) in [6.45, 7) is 2.47. The van der Waals surface area contributed by atoms with Crippen molar-refractivity contribution < 1.29 is 4.79 Å². The van der Waals surface area contributed by atoms with E-state index >= 15 is 0 Å². The van der Waals surface area contributed by atoms with Crippen LogP contribution in [0.15, 0.2) is 85.1 Å². The van der Waals surface area contributed by atoms with Gasteiger partial charge in [0, 0.05) is 31.4 Å². The summed E-state index contributed by atoms with van der Waals surface area (Å²) in [7, 11) is 0. The normalized spacial score (nSPS) is 17.4. The van der Waals surface area contributed by atoms with Gasteiger partial charge in [-0.1, -0.05) is 54.6 Å². The molecule has 0 saturated carbocycles. The van der Waals surface area contributed by atoms with Crippen LogP contribution >= 0.6 is 0 Å². The van der Waals surface area contributed by atoms with Crippen LogP contribution in [0, 0.1) is 5.92 Å². The van der Waals surface area contributed by atoms with Crippen molar-refractivity contribution in [1.82, 2.24) is 15.2 Å². The molecule has 4 rings (SSSR count). The predicted molar refractivity (Wildman–Crippen MR) is 111 cm³/mol. The summed E-state index contributed by atoms with van der Waals surface area (Å²) in [4.78, 5) is 19.2. The van der Waals surface area contributed by atoms with Gasteiger partial charge in [-0.2, -0.15) is 0 Å². The number of benzene rings is 2. The van der Waals surface area contributed by atoms with E-state index < -0.39 is 0 Å². The largest absolute Gasteiger partial charge is 0.338 e. The van der Waals surface area contributed by atoms with Crippen molar-refractivity contribution in [3.8, 4) is 0 Å². The summed E-state index contributed by atoms with van der Waals surface area (Å²) >= 11 is 0. The second-order valence-electron chi connectivity index (χ2n) is 7.28. The number of nitrogens with one attached hydrogen (secondary N) is 1. The highest BCUT2D eigenvalue weighted by Gasteiger charge is 2.27. The van der Waals surface area contributed by atoms with E-state index in [9.17, 15) is 4.79 Å². The van der Waals surface area contributed by atoms with Gasteiger partial charge in [0.05, 0.1) is 11.7 Å². The zero-order chi connectivity index (χ0) is 19.2. The van der Waals surface area contributed by atoms with Crippen molar-refractivity contribution in [2.24, 2.45) is 5.92 Å². The molecule has 0 radical (unpaired) electrons. The van der Waals surface area contributed by atoms with Gasteiger partial charge in [-0.15, -0.1) is 0 Å². The molecule has 3 aromatic rings. The zero-order valence-electron chi connectivity index (χ0n) is 15.9. The molecule has 1 fully saturated rings. The lowest BCUT2D eigenvalue weighted by molar-refractivity contribution is 0.0787. The summed E-state index contributed by atoms with van der Waals surface area (Å²) in [5, 5.41) is 3.69. The van der Waals surface area contributed by atoms with Crippen LogP contribution in [-0.2, 0) is 0 Å². The number of hydrogen-bond donors (Lipinski definition) is 1. The van der Waals surface area contributed by atoms with Crippen LogP contribution in [0.2, 0.25) is 0 Å². The molecule has 2 aromatic carbocycles. The van der Waals surface area contributed by atoms with E-state index in [1.165, 1.54) is 5.56 Å². The number of carbonyl (C=O) groups excluding carboxylic acids is 1. The number of likely N-dealkylation sites (tertiary alicyclic amines) is 1. The minimum Gasteiger partial charge on any atom is -0.338 e. The fourth-order valence-corrected chi connectivity index (χ4v) is 3.82. The van der Waals surface area contributed by atoms with Gasteiger partial charge in [-0.05, 0) is 42.2 Å². The minimum absolute atomic E-state index is 0.0567. The molecule has 0 bridgehead atoms. The van der Waals surface area contributed by atoms with E-state index in [0.717, 1.165) is 37.3 Å².